The van der Waals surface area contributed by atoms with E-state index >= 15 is 0 Å². The molecule has 8 heteroatoms. The van der Waals surface area contributed by atoms with Gasteiger partial charge in [-0.05, 0) is 19.1 Å². The molecule has 2 rings (SSSR count). The van der Waals surface area contributed by atoms with Gasteiger partial charge >= 0.3 is 0 Å². The van der Waals surface area contributed by atoms with Gasteiger partial charge in [-0.15, -0.1) is 5.10 Å². The number of carbonyl (C=O) groups excluding carboxylic acids is 1. The molecule has 0 aliphatic heterocycles. The van der Waals surface area contributed by atoms with E-state index in [1.54, 1.807) is 6.92 Å². The third-order valence-corrected chi connectivity index (χ3v) is 2.09. The highest BCUT2D eigenvalue weighted by atomic mass is 19.2. The number of nitrogens with one attached hydrogen (secondary N) is 2. The van der Waals surface area contributed by atoms with E-state index in [1.165, 1.54) is 0 Å². The van der Waals surface area contributed by atoms with Crippen molar-refractivity contribution in [2.24, 2.45) is 0 Å². The second kappa shape index (κ2) is 4.47. The number of hydrogen-bond donors (Lipinski definition) is 2. The summed E-state index contributed by atoms with van der Waals surface area (Å²) in [5.41, 5.74) is -1.02. The quantitative estimate of drug-likeness (QED) is 0.804. The maximum absolute atomic E-state index is 13.3. The van der Waals surface area contributed by atoms with E-state index in [2.05, 4.69) is 15.2 Å². The van der Waals surface area contributed by atoms with Crippen molar-refractivity contribution in [2.75, 3.05) is 5.32 Å². The Hall–Kier alpha value is -2.38. The Kier molecular flexibility index (Phi) is 3.00. The summed E-state index contributed by atoms with van der Waals surface area (Å²) in [5.74, 6) is -4.94. The minimum absolute atomic E-state index is 0.152. The average Bonchev–Trinajstić information content (AvgIpc) is 2.70. The van der Waals surface area contributed by atoms with Crippen LogP contribution in [0.5, 0.6) is 0 Å². The summed E-state index contributed by atoms with van der Waals surface area (Å²) >= 11 is 0. The van der Waals surface area contributed by atoms with Crippen LogP contribution < -0.4 is 5.32 Å². The van der Waals surface area contributed by atoms with Crippen LogP contribution in [0.3, 0.4) is 0 Å². The molecule has 5 nitrogen and oxygen atoms in total. The van der Waals surface area contributed by atoms with Gasteiger partial charge in [0.15, 0.2) is 11.6 Å². The minimum atomic E-state index is -1.56. The van der Waals surface area contributed by atoms with Gasteiger partial charge < -0.3 is 0 Å². The van der Waals surface area contributed by atoms with Crippen molar-refractivity contribution in [3.63, 3.8) is 0 Å². The number of benzene rings is 1. The summed E-state index contributed by atoms with van der Waals surface area (Å²) in [4.78, 5) is 15.3. The van der Waals surface area contributed by atoms with E-state index < -0.39 is 28.9 Å². The van der Waals surface area contributed by atoms with E-state index in [0.29, 0.717) is 18.0 Å². The van der Waals surface area contributed by atoms with E-state index in [-0.39, 0.29) is 5.95 Å². The number of carbonyl (C=O) groups is 1. The van der Waals surface area contributed by atoms with Crippen LogP contribution in [0.2, 0.25) is 0 Å². The molecule has 1 amide bonds. The molecular weight excluding hydrogens is 249 g/mol. The number of nitrogens with zero attached hydrogens (tertiary/aromatic N) is 2. The molecule has 1 aromatic carbocycles. The summed E-state index contributed by atoms with van der Waals surface area (Å²) in [5, 5.41) is 8.03. The Labute approximate surface area is 99.0 Å². The van der Waals surface area contributed by atoms with Crippen molar-refractivity contribution in [2.45, 2.75) is 6.92 Å². The number of aromatic amines is 1. The van der Waals surface area contributed by atoms with Crippen LogP contribution in [0.15, 0.2) is 12.1 Å². The zero-order valence-electron chi connectivity index (χ0n) is 9.09. The van der Waals surface area contributed by atoms with Crippen LogP contribution in [0.25, 0.3) is 0 Å². The SMILES string of the molecule is Cc1nc(NC(=O)c2c(F)ccc(F)c2F)n[nH]1. The Morgan fingerprint density at radius 2 is 1.94 bits per heavy atom. The van der Waals surface area contributed by atoms with Gasteiger partial charge in [-0.1, -0.05) is 0 Å². The molecule has 1 heterocycles. The monoisotopic (exact) mass is 256 g/mol. The number of aromatic nitrogens is 3. The summed E-state index contributed by atoms with van der Waals surface area (Å²) < 4.78 is 39.5. The molecule has 0 saturated heterocycles. The third-order valence-electron chi connectivity index (χ3n) is 2.09. The predicted octanol–water partition coefficient (Wildman–Crippen LogP) is 1.78. The Balaban J connectivity index is 2.32. The molecule has 2 N–H and O–H groups in total. The zero-order chi connectivity index (χ0) is 13.3. The second-order valence-corrected chi connectivity index (χ2v) is 3.42. The molecule has 1 aromatic heterocycles. The van der Waals surface area contributed by atoms with Crippen LogP contribution in [-0.4, -0.2) is 21.1 Å². The largest absolute Gasteiger partial charge is 0.289 e. The normalized spacial score (nSPS) is 10.4. The highest BCUT2D eigenvalue weighted by Gasteiger charge is 2.21. The number of hydrogen-bond acceptors (Lipinski definition) is 3. The smallest absolute Gasteiger partial charge is 0.264 e. The fraction of sp³-hybridized carbons (Fsp3) is 0.100. The number of halogens is 3. The van der Waals surface area contributed by atoms with Gasteiger partial charge in [0.1, 0.15) is 17.2 Å². The summed E-state index contributed by atoms with van der Waals surface area (Å²) in [6.07, 6.45) is 0. The number of anilines is 1. The topological polar surface area (TPSA) is 70.7 Å². The van der Waals surface area contributed by atoms with Gasteiger partial charge in [0.2, 0.25) is 5.95 Å². The molecule has 0 fully saturated rings. The van der Waals surface area contributed by atoms with Crippen LogP contribution >= 0.6 is 0 Å². The van der Waals surface area contributed by atoms with Gasteiger partial charge in [-0.2, -0.15) is 4.98 Å². The van der Waals surface area contributed by atoms with Crippen molar-refractivity contribution in [1.82, 2.24) is 15.2 Å². The van der Waals surface area contributed by atoms with Crippen molar-refractivity contribution >= 4 is 11.9 Å². The minimum Gasteiger partial charge on any atom is -0.289 e. The van der Waals surface area contributed by atoms with E-state index in [0.717, 1.165) is 0 Å². The molecule has 0 bridgehead atoms. The predicted molar refractivity (Wildman–Crippen MR) is 55.4 cm³/mol. The standard InChI is InChI=1S/C10H7F3N4O/c1-4-14-10(17-16-4)15-9(18)7-5(11)2-3-6(12)8(7)13/h2-3H,1H3,(H2,14,15,16,17,18). The molecular formula is C10H7F3N4O. The third kappa shape index (κ3) is 2.17. The molecule has 0 aliphatic rings. The maximum atomic E-state index is 13.3. The second-order valence-electron chi connectivity index (χ2n) is 3.42. The Bertz CT molecular complexity index is 611. The lowest BCUT2D eigenvalue weighted by Gasteiger charge is -2.04. The molecule has 94 valence electrons. The van der Waals surface area contributed by atoms with Gasteiger partial charge in [-0.25, -0.2) is 13.2 Å². The molecule has 0 atom stereocenters. The van der Waals surface area contributed by atoms with E-state index in [9.17, 15) is 18.0 Å². The van der Waals surface area contributed by atoms with E-state index in [1.807, 2.05) is 5.32 Å². The lowest BCUT2D eigenvalue weighted by molar-refractivity contribution is 0.101. The molecule has 0 unspecified atom stereocenters. The number of H-pyrrole nitrogens is 1. The number of amides is 1. The first-order valence-electron chi connectivity index (χ1n) is 4.83. The van der Waals surface area contributed by atoms with Gasteiger partial charge in [0.05, 0.1) is 0 Å². The summed E-state index contributed by atoms with van der Waals surface area (Å²) in [6.45, 7) is 1.58. The highest BCUT2D eigenvalue weighted by molar-refractivity contribution is 6.03. The van der Waals surface area contributed by atoms with Crippen molar-refractivity contribution in [3.8, 4) is 0 Å². The fourth-order valence-corrected chi connectivity index (χ4v) is 1.30. The van der Waals surface area contributed by atoms with Crippen molar-refractivity contribution in [3.05, 3.63) is 41.0 Å². The highest BCUT2D eigenvalue weighted by Crippen LogP contribution is 2.16. The van der Waals surface area contributed by atoms with Crippen molar-refractivity contribution in [1.29, 1.82) is 0 Å². The first-order valence-corrected chi connectivity index (χ1v) is 4.83. The molecule has 2 aromatic rings. The zero-order valence-corrected chi connectivity index (χ0v) is 9.09. The molecule has 0 spiro atoms. The van der Waals surface area contributed by atoms with E-state index in [4.69, 9.17) is 0 Å². The van der Waals surface area contributed by atoms with Gasteiger partial charge in [0.25, 0.3) is 5.91 Å². The van der Waals surface area contributed by atoms with Crippen LogP contribution in [0.1, 0.15) is 16.2 Å². The van der Waals surface area contributed by atoms with Gasteiger partial charge in [-0.3, -0.25) is 15.2 Å². The van der Waals surface area contributed by atoms with Crippen LogP contribution in [0.4, 0.5) is 19.1 Å². The first-order chi connectivity index (χ1) is 8.49. The lowest BCUT2D eigenvalue weighted by Crippen LogP contribution is -2.17. The number of rotatable bonds is 2. The molecule has 0 aliphatic carbocycles. The van der Waals surface area contributed by atoms with Crippen molar-refractivity contribution < 1.29 is 18.0 Å². The Morgan fingerprint density at radius 3 is 2.56 bits per heavy atom. The number of aryl methyl sites for hydroxylation is 1. The van der Waals surface area contributed by atoms with Crippen LogP contribution in [-0.2, 0) is 0 Å². The first kappa shape index (κ1) is 12.1. The summed E-state index contributed by atoms with van der Waals surface area (Å²) in [6, 6.07) is 1.26. The van der Waals surface area contributed by atoms with Gasteiger partial charge in [0, 0.05) is 0 Å². The molecule has 18 heavy (non-hydrogen) atoms. The fourth-order valence-electron chi connectivity index (χ4n) is 1.30. The molecule has 0 saturated carbocycles. The summed E-state index contributed by atoms with van der Waals surface area (Å²) in [7, 11) is 0. The maximum Gasteiger partial charge on any atom is 0.264 e. The Morgan fingerprint density at radius 1 is 1.28 bits per heavy atom. The average molecular weight is 256 g/mol. The lowest BCUT2D eigenvalue weighted by atomic mass is 10.2. The molecule has 0 radical (unpaired) electrons. The van der Waals surface area contributed by atoms with Crippen LogP contribution in [0, 0.1) is 24.4 Å².